The first-order valence-electron chi connectivity index (χ1n) is 11.8. The maximum Gasteiger partial charge on any atom is 0.225 e. The fraction of sp³-hybridized carbons (Fsp3) is 0.577. The lowest BCUT2D eigenvalue weighted by atomic mass is 9.92. The Labute approximate surface area is 202 Å². The van der Waals surface area contributed by atoms with Crippen LogP contribution in [0, 0.1) is 17.8 Å². The Morgan fingerprint density at radius 1 is 1.03 bits per heavy atom. The van der Waals surface area contributed by atoms with Gasteiger partial charge in [-0.2, -0.15) is 11.8 Å². The minimum absolute atomic E-state index is 0.481. The standard InChI is InChI=1S/C13H17NOS.C12H17N3.CH4O/c1-15-11-5-8-13(14-9-11)10-3-6-12(16-2)7-4-10;1-3-9-4-13-12(14-5-9)15-6-10-8(2)11(10)7-15;1-2/h3,5-6,8-10,12H,4,7H2,1-2H3;4-5,8,10-11H,3,6-7H2,1-2H3;2H,1H3. The molecule has 2 aromatic rings. The molecule has 1 aliphatic heterocycles. The second kappa shape index (κ2) is 12.4. The van der Waals surface area contributed by atoms with Gasteiger partial charge in [0.1, 0.15) is 5.75 Å². The third kappa shape index (κ3) is 6.48. The van der Waals surface area contributed by atoms with Gasteiger partial charge in [0, 0.05) is 49.5 Å². The molecule has 0 amide bonds. The topological polar surface area (TPSA) is 71.4 Å². The number of aliphatic hydroxyl groups excluding tert-OH is 1. The molecule has 3 aliphatic rings. The van der Waals surface area contributed by atoms with Crippen LogP contribution in [0.5, 0.6) is 5.75 Å². The largest absolute Gasteiger partial charge is 0.495 e. The molecular formula is C26H38N4O2S. The van der Waals surface area contributed by atoms with Crippen molar-refractivity contribution in [1.82, 2.24) is 15.0 Å². The lowest BCUT2D eigenvalue weighted by Gasteiger charge is -2.21. The van der Waals surface area contributed by atoms with Crippen LogP contribution in [0.2, 0.25) is 0 Å². The molecule has 4 atom stereocenters. The van der Waals surface area contributed by atoms with Crippen LogP contribution in [0.15, 0.2) is 42.9 Å². The lowest BCUT2D eigenvalue weighted by molar-refractivity contribution is 0.399. The molecule has 33 heavy (non-hydrogen) atoms. The first-order chi connectivity index (χ1) is 16.1. The number of thioether (sulfide) groups is 1. The fourth-order valence-electron chi connectivity index (χ4n) is 4.65. The number of pyridine rings is 1. The summed E-state index contributed by atoms with van der Waals surface area (Å²) in [5.74, 6) is 5.00. The van der Waals surface area contributed by atoms with Gasteiger partial charge in [-0.25, -0.2) is 9.97 Å². The van der Waals surface area contributed by atoms with E-state index >= 15 is 0 Å². The highest BCUT2D eigenvalue weighted by atomic mass is 32.2. The van der Waals surface area contributed by atoms with Crippen LogP contribution in [0.4, 0.5) is 5.95 Å². The molecule has 0 radical (unpaired) electrons. The molecular weight excluding hydrogens is 432 g/mol. The summed E-state index contributed by atoms with van der Waals surface area (Å²) in [5, 5.41) is 7.69. The molecule has 1 N–H and O–H groups in total. The van der Waals surface area contributed by atoms with E-state index in [0.717, 1.165) is 61.8 Å². The van der Waals surface area contributed by atoms with Crippen molar-refractivity contribution in [2.75, 3.05) is 38.5 Å². The lowest BCUT2D eigenvalue weighted by Crippen LogP contribution is -2.25. The Morgan fingerprint density at radius 3 is 2.21 bits per heavy atom. The zero-order valence-corrected chi connectivity index (χ0v) is 21.3. The number of aromatic nitrogens is 3. The summed E-state index contributed by atoms with van der Waals surface area (Å²) >= 11 is 1.92. The highest BCUT2D eigenvalue weighted by Gasteiger charge is 2.53. The number of piperidine rings is 1. The summed E-state index contributed by atoms with van der Waals surface area (Å²) in [6.07, 6.45) is 15.9. The van der Waals surface area contributed by atoms with Gasteiger partial charge in [0.05, 0.1) is 13.3 Å². The van der Waals surface area contributed by atoms with Crippen LogP contribution in [0.25, 0.3) is 0 Å². The Bertz CT molecular complexity index is 863. The van der Waals surface area contributed by atoms with E-state index in [9.17, 15) is 0 Å². The Hall–Kier alpha value is -2.12. The molecule has 3 heterocycles. The number of methoxy groups -OCH3 is 1. The maximum atomic E-state index is 7.00. The summed E-state index contributed by atoms with van der Waals surface area (Å²) in [6, 6.07) is 4.05. The number of allylic oxidation sites excluding steroid dienone is 1. The van der Waals surface area contributed by atoms with E-state index in [1.807, 2.05) is 30.2 Å². The minimum Gasteiger partial charge on any atom is -0.495 e. The van der Waals surface area contributed by atoms with Crippen molar-refractivity contribution in [2.24, 2.45) is 17.8 Å². The maximum absolute atomic E-state index is 7.00. The highest BCUT2D eigenvalue weighted by molar-refractivity contribution is 7.99. The average Bonchev–Trinajstić information content (AvgIpc) is 3.28. The molecule has 1 saturated heterocycles. The van der Waals surface area contributed by atoms with E-state index in [1.54, 1.807) is 13.3 Å². The van der Waals surface area contributed by atoms with Gasteiger partial charge in [-0.3, -0.25) is 4.98 Å². The van der Waals surface area contributed by atoms with Crippen molar-refractivity contribution in [3.05, 3.63) is 54.1 Å². The van der Waals surface area contributed by atoms with E-state index in [0.29, 0.717) is 11.2 Å². The molecule has 4 unspecified atom stereocenters. The molecule has 2 aliphatic carbocycles. The number of aryl methyl sites for hydroxylation is 1. The summed E-state index contributed by atoms with van der Waals surface area (Å²) in [5.41, 5.74) is 2.37. The molecule has 5 rings (SSSR count). The first-order valence-corrected chi connectivity index (χ1v) is 13.1. The molecule has 7 heteroatoms. The highest BCUT2D eigenvalue weighted by Crippen LogP contribution is 2.51. The van der Waals surface area contributed by atoms with Crippen LogP contribution in [-0.4, -0.2) is 58.9 Å². The Balaban J connectivity index is 0.000000173. The molecule has 180 valence electrons. The normalized spacial score (nSPS) is 27.0. The molecule has 2 aromatic heterocycles. The van der Waals surface area contributed by atoms with Crippen molar-refractivity contribution in [3.63, 3.8) is 0 Å². The van der Waals surface area contributed by atoms with Crippen LogP contribution in [0.1, 0.15) is 43.9 Å². The van der Waals surface area contributed by atoms with E-state index in [4.69, 9.17) is 9.84 Å². The van der Waals surface area contributed by atoms with Gasteiger partial charge in [-0.1, -0.05) is 26.0 Å². The van der Waals surface area contributed by atoms with Gasteiger partial charge in [0.15, 0.2) is 0 Å². The van der Waals surface area contributed by atoms with E-state index < -0.39 is 0 Å². The van der Waals surface area contributed by atoms with Gasteiger partial charge >= 0.3 is 0 Å². The van der Waals surface area contributed by atoms with Gasteiger partial charge in [0.2, 0.25) is 5.95 Å². The van der Waals surface area contributed by atoms with Gasteiger partial charge in [-0.15, -0.1) is 0 Å². The van der Waals surface area contributed by atoms with Crippen LogP contribution in [-0.2, 0) is 6.42 Å². The third-order valence-corrected chi connectivity index (χ3v) is 8.00. The molecule has 0 spiro atoms. The summed E-state index contributed by atoms with van der Waals surface area (Å²) in [4.78, 5) is 15.6. The Morgan fingerprint density at radius 2 is 1.73 bits per heavy atom. The van der Waals surface area contributed by atoms with Crippen molar-refractivity contribution in [1.29, 1.82) is 0 Å². The molecule has 6 nitrogen and oxygen atoms in total. The molecule has 0 aromatic carbocycles. The molecule has 2 fully saturated rings. The number of nitrogens with zero attached hydrogens (tertiary/aromatic N) is 4. The quantitative estimate of drug-likeness (QED) is 0.640. The molecule has 0 bridgehead atoms. The average molecular weight is 471 g/mol. The number of ether oxygens (including phenoxy) is 1. The Kier molecular flexibility index (Phi) is 9.56. The summed E-state index contributed by atoms with van der Waals surface area (Å²) in [6.45, 7) is 6.81. The van der Waals surface area contributed by atoms with Crippen molar-refractivity contribution in [3.8, 4) is 5.75 Å². The number of anilines is 1. The minimum atomic E-state index is 0.481. The number of hydrogen-bond acceptors (Lipinski definition) is 7. The third-order valence-electron chi connectivity index (χ3n) is 7.00. The van der Waals surface area contributed by atoms with Crippen LogP contribution >= 0.6 is 11.8 Å². The van der Waals surface area contributed by atoms with Crippen molar-refractivity contribution >= 4 is 17.7 Å². The van der Waals surface area contributed by atoms with Gasteiger partial charge < -0.3 is 14.7 Å². The molecule has 1 saturated carbocycles. The van der Waals surface area contributed by atoms with Crippen molar-refractivity contribution in [2.45, 2.75) is 44.3 Å². The second-order valence-corrected chi connectivity index (χ2v) is 9.88. The monoisotopic (exact) mass is 470 g/mol. The number of aliphatic hydroxyl groups is 1. The number of fused-ring (bicyclic) bond motifs is 1. The number of hydrogen-bond donors (Lipinski definition) is 1. The smallest absolute Gasteiger partial charge is 0.225 e. The van der Waals surface area contributed by atoms with Gasteiger partial charge in [-0.05, 0) is 61.0 Å². The van der Waals surface area contributed by atoms with Crippen molar-refractivity contribution < 1.29 is 9.84 Å². The summed E-state index contributed by atoms with van der Waals surface area (Å²) < 4.78 is 5.11. The fourth-order valence-corrected chi connectivity index (χ4v) is 5.27. The SMILES string of the molecule is CCc1cnc(N2CC3C(C)C3C2)nc1.CO.COc1ccc(C2C=CC(SC)CC2)nc1. The van der Waals surface area contributed by atoms with Gasteiger partial charge in [0.25, 0.3) is 0 Å². The van der Waals surface area contributed by atoms with E-state index in [2.05, 4.69) is 58.2 Å². The zero-order chi connectivity index (χ0) is 23.8. The van der Waals surface area contributed by atoms with E-state index in [1.165, 1.54) is 18.4 Å². The van der Waals surface area contributed by atoms with Crippen LogP contribution < -0.4 is 9.64 Å². The van der Waals surface area contributed by atoms with Crippen LogP contribution in [0.3, 0.4) is 0 Å². The second-order valence-electron chi connectivity index (χ2n) is 8.80. The zero-order valence-electron chi connectivity index (χ0n) is 20.5. The van der Waals surface area contributed by atoms with E-state index in [-0.39, 0.29) is 0 Å². The first kappa shape index (κ1) is 25.5. The predicted molar refractivity (Wildman–Crippen MR) is 137 cm³/mol. The number of rotatable bonds is 5. The summed E-state index contributed by atoms with van der Waals surface area (Å²) in [7, 11) is 2.67. The predicted octanol–water partition coefficient (Wildman–Crippen LogP) is 4.61.